The number of carbonyl (C=O) groups excluding carboxylic acids is 1. The van der Waals surface area contributed by atoms with Gasteiger partial charge in [-0.2, -0.15) is 0 Å². The molecule has 0 unspecified atom stereocenters. The number of hydrogen-bond acceptors (Lipinski definition) is 2. The van der Waals surface area contributed by atoms with Gasteiger partial charge in [0.15, 0.2) is 0 Å². The molecule has 3 nitrogen and oxygen atoms in total. The van der Waals surface area contributed by atoms with Crippen LogP contribution < -0.4 is 5.32 Å². The van der Waals surface area contributed by atoms with Crippen LogP contribution in [0.5, 0.6) is 0 Å². The SMILES string of the molecule is CC(=O)N1CCC(CCC2CCNCC2)CC1. The normalized spacial score (nSPS) is 23.9. The van der Waals surface area contributed by atoms with Gasteiger partial charge in [0, 0.05) is 20.0 Å². The Bertz CT molecular complexity index is 241. The summed E-state index contributed by atoms with van der Waals surface area (Å²) in [5.41, 5.74) is 0. The van der Waals surface area contributed by atoms with E-state index in [1.807, 2.05) is 4.90 Å². The molecule has 0 aliphatic carbocycles. The van der Waals surface area contributed by atoms with Crippen LogP contribution in [-0.4, -0.2) is 37.0 Å². The fraction of sp³-hybridized carbons (Fsp3) is 0.929. The summed E-state index contributed by atoms with van der Waals surface area (Å²) in [6, 6.07) is 0. The van der Waals surface area contributed by atoms with Crippen LogP contribution in [-0.2, 0) is 4.79 Å². The fourth-order valence-electron chi connectivity index (χ4n) is 3.18. The quantitative estimate of drug-likeness (QED) is 0.816. The lowest BCUT2D eigenvalue weighted by molar-refractivity contribution is -0.130. The molecule has 2 aliphatic heterocycles. The van der Waals surface area contributed by atoms with Crippen molar-refractivity contribution in [3.63, 3.8) is 0 Å². The number of rotatable bonds is 3. The van der Waals surface area contributed by atoms with Crippen LogP contribution in [0.25, 0.3) is 0 Å². The molecular formula is C14H26N2O. The summed E-state index contributed by atoms with van der Waals surface area (Å²) in [6.45, 7) is 6.11. The lowest BCUT2D eigenvalue weighted by atomic mass is 9.85. The first-order chi connectivity index (χ1) is 8.25. The molecule has 0 spiro atoms. The van der Waals surface area contributed by atoms with Crippen molar-refractivity contribution in [1.82, 2.24) is 10.2 Å². The van der Waals surface area contributed by atoms with E-state index in [0.717, 1.165) is 24.9 Å². The van der Waals surface area contributed by atoms with Crippen molar-refractivity contribution < 1.29 is 4.79 Å². The number of carbonyl (C=O) groups is 1. The van der Waals surface area contributed by atoms with Gasteiger partial charge in [-0.3, -0.25) is 4.79 Å². The zero-order chi connectivity index (χ0) is 12.1. The van der Waals surface area contributed by atoms with Crippen LogP contribution in [0.15, 0.2) is 0 Å². The highest BCUT2D eigenvalue weighted by Gasteiger charge is 2.22. The second kappa shape index (κ2) is 6.39. The molecule has 2 heterocycles. The largest absolute Gasteiger partial charge is 0.343 e. The predicted octanol–water partition coefficient (Wildman–Crippen LogP) is 2.02. The molecule has 0 atom stereocenters. The molecule has 2 fully saturated rings. The third-order valence-corrected chi connectivity index (χ3v) is 4.50. The molecule has 1 N–H and O–H groups in total. The second-order valence-electron chi connectivity index (χ2n) is 5.72. The molecule has 0 aromatic rings. The lowest BCUT2D eigenvalue weighted by Gasteiger charge is -2.32. The maximum Gasteiger partial charge on any atom is 0.219 e. The number of nitrogens with zero attached hydrogens (tertiary/aromatic N) is 1. The van der Waals surface area contributed by atoms with Crippen LogP contribution in [0.4, 0.5) is 0 Å². The highest BCUT2D eigenvalue weighted by molar-refractivity contribution is 5.73. The van der Waals surface area contributed by atoms with E-state index in [0.29, 0.717) is 0 Å². The topological polar surface area (TPSA) is 32.3 Å². The number of likely N-dealkylation sites (tertiary alicyclic amines) is 1. The fourth-order valence-corrected chi connectivity index (χ4v) is 3.18. The number of amides is 1. The monoisotopic (exact) mass is 238 g/mol. The predicted molar refractivity (Wildman–Crippen MR) is 69.8 cm³/mol. The Morgan fingerprint density at radius 3 is 2.12 bits per heavy atom. The van der Waals surface area contributed by atoms with Crippen molar-refractivity contribution in [2.45, 2.75) is 45.4 Å². The molecule has 3 heteroatoms. The maximum absolute atomic E-state index is 11.2. The maximum atomic E-state index is 11.2. The minimum atomic E-state index is 0.252. The molecular weight excluding hydrogens is 212 g/mol. The van der Waals surface area contributed by atoms with Gasteiger partial charge >= 0.3 is 0 Å². The van der Waals surface area contributed by atoms with E-state index in [4.69, 9.17) is 0 Å². The summed E-state index contributed by atoms with van der Waals surface area (Å²) < 4.78 is 0. The Labute approximate surface area is 105 Å². The number of nitrogens with one attached hydrogen (secondary N) is 1. The number of piperidine rings is 2. The summed E-state index contributed by atoms with van der Waals surface area (Å²) in [5, 5.41) is 3.43. The van der Waals surface area contributed by atoms with Crippen LogP contribution in [0.2, 0.25) is 0 Å². The highest BCUT2D eigenvalue weighted by atomic mass is 16.2. The average molecular weight is 238 g/mol. The molecule has 0 saturated carbocycles. The van der Waals surface area contributed by atoms with Gasteiger partial charge in [-0.25, -0.2) is 0 Å². The Morgan fingerprint density at radius 1 is 1.06 bits per heavy atom. The van der Waals surface area contributed by atoms with Crippen LogP contribution in [0.1, 0.15) is 45.4 Å². The zero-order valence-electron chi connectivity index (χ0n) is 11.1. The van der Waals surface area contributed by atoms with E-state index in [2.05, 4.69) is 5.32 Å². The average Bonchev–Trinajstić information content (AvgIpc) is 2.38. The summed E-state index contributed by atoms with van der Waals surface area (Å²) in [6.07, 6.45) is 7.98. The molecule has 2 rings (SSSR count). The molecule has 17 heavy (non-hydrogen) atoms. The summed E-state index contributed by atoms with van der Waals surface area (Å²) in [7, 11) is 0. The minimum Gasteiger partial charge on any atom is -0.343 e. The standard InChI is InChI=1S/C14H26N2O/c1-12(17)16-10-6-14(7-11-16)3-2-13-4-8-15-9-5-13/h13-15H,2-11H2,1H3. The number of hydrogen-bond donors (Lipinski definition) is 1. The summed E-state index contributed by atoms with van der Waals surface area (Å²) in [4.78, 5) is 13.2. The highest BCUT2D eigenvalue weighted by Crippen LogP contribution is 2.26. The molecule has 2 saturated heterocycles. The van der Waals surface area contributed by atoms with Crippen LogP contribution >= 0.6 is 0 Å². The van der Waals surface area contributed by atoms with Crippen molar-refractivity contribution in [3.8, 4) is 0 Å². The Morgan fingerprint density at radius 2 is 1.59 bits per heavy atom. The molecule has 98 valence electrons. The van der Waals surface area contributed by atoms with E-state index >= 15 is 0 Å². The molecule has 1 amide bonds. The third kappa shape index (κ3) is 3.98. The van der Waals surface area contributed by atoms with Gasteiger partial charge in [0.05, 0.1) is 0 Å². The van der Waals surface area contributed by atoms with Crippen LogP contribution in [0.3, 0.4) is 0 Å². The van der Waals surface area contributed by atoms with Crippen molar-refractivity contribution in [1.29, 1.82) is 0 Å². The van der Waals surface area contributed by atoms with Crippen molar-refractivity contribution >= 4 is 5.91 Å². The Kier molecular flexibility index (Phi) is 4.84. The first-order valence-corrected chi connectivity index (χ1v) is 7.22. The van der Waals surface area contributed by atoms with Gasteiger partial charge in [-0.05, 0) is 50.6 Å². The van der Waals surface area contributed by atoms with E-state index in [-0.39, 0.29) is 5.91 Å². The molecule has 0 bridgehead atoms. The van der Waals surface area contributed by atoms with Gasteiger partial charge in [0.25, 0.3) is 0 Å². The van der Waals surface area contributed by atoms with Crippen molar-refractivity contribution in [3.05, 3.63) is 0 Å². The van der Waals surface area contributed by atoms with Crippen molar-refractivity contribution in [2.24, 2.45) is 11.8 Å². The van der Waals surface area contributed by atoms with Gasteiger partial charge in [0.1, 0.15) is 0 Å². The smallest absolute Gasteiger partial charge is 0.219 e. The molecule has 2 aliphatic rings. The third-order valence-electron chi connectivity index (χ3n) is 4.50. The first kappa shape index (κ1) is 12.9. The van der Waals surface area contributed by atoms with Crippen molar-refractivity contribution in [2.75, 3.05) is 26.2 Å². The minimum absolute atomic E-state index is 0.252. The van der Waals surface area contributed by atoms with E-state index in [1.165, 1.54) is 51.6 Å². The van der Waals surface area contributed by atoms with Crippen LogP contribution in [0, 0.1) is 11.8 Å². The van der Waals surface area contributed by atoms with E-state index in [1.54, 1.807) is 6.92 Å². The van der Waals surface area contributed by atoms with E-state index < -0.39 is 0 Å². The Balaban J connectivity index is 1.62. The summed E-state index contributed by atoms with van der Waals surface area (Å²) >= 11 is 0. The second-order valence-corrected chi connectivity index (χ2v) is 5.72. The molecule has 0 aromatic heterocycles. The zero-order valence-corrected chi connectivity index (χ0v) is 11.1. The molecule has 0 aromatic carbocycles. The van der Waals surface area contributed by atoms with Gasteiger partial charge < -0.3 is 10.2 Å². The first-order valence-electron chi connectivity index (χ1n) is 7.22. The Hall–Kier alpha value is -0.570. The summed E-state index contributed by atoms with van der Waals surface area (Å²) in [5.74, 6) is 2.09. The van der Waals surface area contributed by atoms with E-state index in [9.17, 15) is 4.79 Å². The van der Waals surface area contributed by atoms with Gasteiger partial charge in [-0.15, -0.1) is 0 Å². The van der Waals surface area contributed by atoms with Gasteiger partial charge in [0.2, 0.25) is 5.91 Å². The molecule has 0 radical (unpaired) electrons. The van der Waals surface area contributed by atoms with Gasteiger partial charge in [-0.1, -0.05) is 12.8 Å². The lowest BCUT2D eigenvalue weighted by Crippen LogP contribution is -2.37.